The molecule has 5 N–H and O–H groups in total. The molecule has 2 aromatic rings. The van der Waals surface area contributed by atoms with Crippen molar-refractivity contribution < 1.29 is 24.7 Å². The Labute approximate surface area is 202 Å². The third kappa shape index (κ3) is 4.19. The monoisotopic (exact) mass is 530 g/mol. The molecule has 2 amide bonds. The number of carbonyl (C=O) groups is 3. The Kier molecular flexibility index (Phi) is 6.38. The number of anilines is 1. The van der Waals surface area contributed by atoms with Gasteiger partial charge in [0, 0.05) is 16.4 Å². The number of aliphatic carboxylic acids is 1. The second-order valence-corrected chi connectivity index (χ2v) is 9.32. The molecular weight excluding hydrogens is 519 g/mol. The number of hydrogen-bond donors (Lipinski definition) is 4. The summed E-state index contributed by atoms with van der Waals surface area (Å²) in [5, 5.41) is 31.9. The number of hydrogen-bond acceptors (Lipinski definition) is 12. The summed E-state index contributed by atoms with van der Waals surface area (Å²) in [6.45, 7) is 0. The number of halogens is 2. The second kappa shape index (κ2) is 9.09. The average Bonchev–Trinajstić information content (AvgIpc) is 3.20. The Morgan fingerprint density at radius 3 is 2.76 bits per heavy atom. The van der Waals surface area contributed by atoms with Crippen molar-refractivity contribution in [1.82, 2.24) is 29.8 Å². The van der Waals surface area contributed by atoms with Gasteiger partial charge in [0.25, 0.3) is 11.8 Å². The van der Waals surface area contributed by atoms with E-state index >= 15 is 0 Å². The Balaban J connectivity index is 1.55. The number of nitrogens with one attached hydrogen (secondary N) is 1. The zero-order valence-electron chi connectivity index (χ0n) is 16.1. The van der Waals surface area contributed by atoms with Gasteiger partial charge in [-0.1, -0.05) is 40.1 Å². The SMILES string of the molecule is Nc1nc(/C(=N/O)C(=O)N[C@@H]2C(=O)N3C(C(=O)O)=C(Sc4c(Cl)cnnc4Cl)CCC23)ns1. The molecule has 4 rings (SSSR count). The molecule has 1 fully saturated rings. The van der Waals surface area contributed by atoms with Gasteiger partial charge in [0.15, 0.2) is 10.3 Å². The number of aromatic nitrogens is 4. The zero-order valence-corrected chi connectivity index (χ0v) is 19.2. The maximum Gasteiger partial charge on any atom is 0.353 e. The number of carboxylic acids is 1. The molecule has 0 saturated carbocycles. The lowest BCUT2D eigenvalue weighted by molar-refractivity contribution is -0.155. The average molecular weight is 531 g/mol. The van der Waals surface area contributed by atoms with E-state index in [-0.39, 0.29) is 33.2 Å². The van der Waals surface area contributed by atoms with E-state index < -0.39 is 35.6 Å². The Hall–Kier alpha value is -3.01. The van der Waals surface area contributed by atoms with Crippen LogP contribution in [0.2, 0.25) is 10.2 Å². The summed E-state index contributed by atoms with van der Waals surface area (Å²) < 4.78 is 3.80. The third-order valence-electron chi connectivity index (χ3n) is 4.80. The highest BCUT2D eigenvalue weighted by molar-refractivity contribution is 8.03. The van der Waals surface area contributed by atoms with E-state index in [1.807, 2.05) is 0 Å². The van der Waals surface area contributed by atoms with Crippen molar-refractivity contribution in [3.8, 4) is 0 Å². The molecule has 2 aliphatic rings. The van der Waals surface area contributed by atoms with E-state index in [0.29, 0.717) is 16.2 Å². The van der Waals surface area contributed by atoms with Crippen LogP contribution in [0.15, 0.2) is 26.9 Å². The van der Waals surface area contributed by atoms with Gasteiger partial charge in [0.05, 0.1) is 22.2 Å². The van der Waals surface area contributed by atoms with Crippen LogP contribution in [-0.4, -0.2) is 70.3 Å². The van der Waals surface area contributed by atoms with Gasteiger partial charge < -0.3 is 21.4 Å². The van der Waals surface area contributed by atoms with Gasteiger partial charge in [0.2, 0.25) is 11.5 Å². The van der Waals surface area contributed by atoms with Gasteiger partial charge in [-0.3, -0.25) is 14.5 Å². The van der Waals surface area contributed by atoms with Crippen molar-refractivity contribution in [2.75, 3.05) is 5.73 Å². The Morgan fingerprint density at radius 2 is 2.15 bits per heavy atom. The number of nitrogens with two attached hydrogens (primary N) is 1. The summed E-state index contributed by atoms with van der Waals surface area (Å²) in [5.74, 6) is -3.07. The van der Waals surface area contributed by atoms with Crippen molar-refractivity contribution in [3.63, 3.8) is 0 Å². The summed E-state index contributed by atoms with van der Waals surface area (Å²) in [4.78, 5) is 42.9. The van der Waals surface area contributed by atoms with E-state index in [1.165, 1.54) is 6.20 Å². The van der Waals surface area contributed by atoms with Gasteiger partial charge in [-0.25, -0.2) is 4.79 Å². The van der Waals surface area contributed by atoms with Crippen LogP contribution in [-0.2, 0) is 14.4 Å². The molecule has 1 saturated heterocycles. The van der Waals surface area contributed by atoms with Crippen LogP contribution in [0.4, 0.5) is 5.13 Å². The molecule has 0 aromatic carbocycles. The first kappa shape index (κ1) is 23.2. The molecule has 13 nitrogen and oxygen atoms in total. The lowest BCUT2D eigenvalue weighted by Crippen LogP contribution is -2.72. The molecule has 172 valence electrons. The fourth-order valence-electron chi connectivity index (χ4n) is 3.41. The summed E-state index contributed by atoms with van der Waals surface area (Å²) in [6, 6.07) is -1.65. The lowest BCUT2D eigenvalue weighted by Gasteiger charge is -2.50. The normalized spacial score (nSPS) is 20.4. The first-order valence-electron chi connectivity index (χ1n) is 8.99. The number of thioether (sulfide) groups is 1. The number of amides is 2. The highest BCUT2D eigenvalue weighted by Crippen LogP contribution is 2.45. The molecule has 33 heavy (non-hydrogen) atoms. The van der Waals surface area contributed by atoms with E-state index in [0.717, 1.165) is 28.2 Å². The molecule has 2 aromatic heterocycles. The van der Waals surface area contributed by atoms with Crippen LogP contribution in [0.25, 0.3) is 0 Å². The minimum absolute atomic E-state index is 0.000885. The first-order chi connectivity index (χ1) is 15.7. The van der Waals surface area contributed by atoms with E-state index in [2.05, 4.69) is 30.0 Å². The first-order valence-corrected chi connectivity index (χ1v) is 11.3. The number of carboxylic acid groups (broad SMARTS) is 1. The molecule has 0 aliphatic carbocycles. The molecule has 2 aliphatic heterocycles. The molecule has 4 heterocycles. The number of oxime groups is 1. The number of rotatable bonds is 6. The van der Waals surface area contributed by atoms with Crippen LogP contribution in [0.5, 0.6) is 0 Å². The largest absolute Gasteiger partial charge is 0.477 e. The van der Waals surface area contributed by atoms with Crippen LogP contribution in [0.3, 0.4) is 0 Å². The number of fused-ring (bicyclic) bond motifs is 1. The van der Waals surface area contributed by atoms with Crippen molar-refractivity contribution in [2.45, 2.75) is 29.8 Å². The van der Waals surface area contributed by atoms with Gasteiger partial charge in [-0.2, -0.15) is 14.5 Å². The highest BCUT2D eigenvalue weighted by Gasteiger charge is 2.54. The minimum atomic E-state index is -1.32. The van der Waals surface area contributed by atoms with Crippen LogP contribution >= 0.6 is 46.5 Å². The van der Waals surface area contributed by atoms with Gasteiger partial charge in [0.1, 0.15) is 11.7 Å². The molecule has 17 heteroatoms. The van der Waals surface area contributed by atoms with Crippen molar-refractivity contribution >= 4 is 75.1 Å². The minimum Gasteiger partial charge on any atom is -0.477 e. The summed E-state index contributed by atoms with van der Waals surface area (Å²) in [5.41, 5.74) is 4.72. The fourth-order valence-corrected chi connectivity index (χ4v) is 5.42. The molecule has 2 atom stereocenters. The van der Waals surface area contributed by atoms with E-state index in [9.17, 15) is 24.7 Å². The number of carbonyl (C=O) groups excluding carboxylic acids is 2. The molecule has 0 radical (unpaired) electrons. The third-order valence-corrected chi connectivity index (χ3v) is 7.38. The second-order valence-electron chi connectivity index (χ2n) is 6.66. The van der Waals surface area contributed by atoms with Crippen molar-refractivity contribution in [3.05, 3.63) is 32.8 Å². The topological polar surface area (TPSA) is 197 Å². The number of nitrogen functional groups attached to an aromatic ring is 1. The number of β-lactam (4-membered cyclic amide) rings is 1. The standard InChI is InChI=1S/C16H12Cl2N8O5S2/c17-4-3-20-23-11(18)10(4)32-6-2-1-5-7(14(28)26(5)9(6)15(29)30)21-13(27)8(24-31)12-22-16(19)33-25-12/h3,5,7,31H,1-2H2,(H,21,27)(H,29,30)(H2,19,22,25)/b24-8-/t5?,7-/m0/s1. The summed E-state index contributed by atoms with van der Waals surface area (Å²) in [7, 11) is 0. The molecule has 0 bridgehead atoms. The lowest BCUT2D eigenvalue weighted by atomic mass is 9.86. The van der Waals surface area contributed by atoms with Gasteiger partial charge in [-0.05, 0) is 12.8 Å². The quantitative estimate of drug-likeness (QED) is 0.179. The Morgan fingerprint density at radius 1 is 1.39 bits per heavy atom. The van der Waals surface area contributed by atoms with Crippen LogP contribution in [0, 0.1) is 0 Å². The maximum atomic E-state index is 12.8. The molecule has 0 spiro atoms. The van der Waals surface area contributed by atoms with E-state index in [1.54, 1.807) is 0 Å². The van der Waals surface area contributed by atoms with Gasteiger partial charge in [-0.15, -0.1) is 5.10 Å². The molecular formula is C16H12Cl2N8O5S2. The van der Waals surface area contributed by atoms with E-state index in [4.69, 9.17) is 28.9 Å². The van der Waals surface area contributed by atoms with Crippen LogP contribution in [0.1, 0.15) is 18.7 Å². The van der Waals surface area contributed by atoms with Crippen LogP contribution < -0.4 is 11.1 Å². The fraction of sp³-hybridized carbons (Fsp3) is 0.250. The predicted molar refractivity (Wildman–Crippen MR) is 117 cm³/mol. The van der Waals surface area contributed by atoms with Crippen molar-refractivity contribution in [2.24, 2.45) is 5.16 Å². The predicted octanol–water partition coefficient (Wildman–Crippen LogP) is 0.973. The summed E-state index contributed by atoms with van der Waals surface area (Å²) >= 11 is 13.9. The summed E-state index contributed by atoms with van der Waals surface area (Å²) in [6.07, 6.45) is 1.89. The maximum absolute atomic E-state index is 12.8. The smallest absolute Gasteiger partial charge is 0.353 e. The van der Waals surface area contributed by atoms with Gasteiger partial charge >= 0.3 is 5.97 Å². The highest BCUT2D eigenvalue weighted by atomic mass is 35.5. The molecule has 1 unspecified atom stereocenters. The number of nitrogens with zero attached hydrogens (tertiary/aromatic N) is 6. The zero-order chi connectivity index (χ0) is 23.9. The Bertz CT molecular complexity index is 1210. The number of allylic oxidation sites excluding steroid dienone is 1. The van der Waals surface area contributed by atoms with Crippen molar-refractivity contribution in [1.29, 1.82) is 0 Å².